The van der Waals surface area contributed by atoms with Gasteiger partial charge < -0.3 is 0 Å². The largest absolute Gasteiger partial charge is 0.343 e. The van der Waals surface area contributed by atoms with Crippen LogP contribution in [-0.4, -0.2) is 46.4 Å². The van der Waals surface area contributed by atoms with Crippen molar-refractivity contribution in [3.8, 4) is 0 Å². The fourth-order valence-electron chi connectivity index (χ4n) is 3.83. The molecule has 0 spiro atoms. The number of benzene rings is 2. The van der Waals surface area contributed by atoms with Crippen LogP contribution in [0.2, 0.25) is 5.02 Å². The van der Waals surface area contributed by atoms with E-state index in [9.17, 15) is 22.4 Å². The number of hydrogen-bond acceptors (Lipinski definition) is 5. The number of H-pyrrole nitrogens is 1. The van der Waals surface area contributed by atoms with E-state index in [-0.39, 0.29) is 36.0 Å². The molecule has 4 rings (SSSR count). The van der Waals surface area contributed by atoms with Gasteiger partial charge in [-0.3, -0.25) is 9.36 Å². The minimum atomic E-state index is -4.03. The smallest absolute Gasteiger partial charge is 0.298 e. The molecule has 9 nitrogen and oxygen atoms in total. The van der Waals surface area contributed by atoms with Crippen LogP contribution in [-0.2, 0) is 28.0 Å². The van der Waals surface area contributed by atoms with E-state index in [1.807, 2.05) is 30.3 Å². The zero-order valence-corrected chi connectivity index (χ0v) is 19.1. The Morgan fingerprint density at radius 3 is 2.64 bits per heavy atom. The first kappa shape index (κ1) is 23.3. The number of aromatic amines is 1. The molecular weight excluding hydrogens is 473 g/mol. The average molecular weight is 494 g/mol. The highest BCUT2D eigenvalue weighted by molar-refractivity contribution is 7.87. The Labute approximate surface area is 194 Å². The van der Waals surface area contributed by atoms with Crippen molar-refractivity contribution in [3.05, 3.63) is 86.8 Å². The second-order valence-electron chi connectivity index (χ2n) is 7.79. The van der Waals surface area contributed by atoms with Crippen molar-refractivity contribution in [3.63, 3.8) is 0 Å². The number of carbonyl (C=O) groups excluding carboxylic acids is 1. The summed E-state index contributed by atoms with van der Waals surface area (Å²) in [5.41, 5.74) is 0.808. The summed E-state index contributed by atoms with van der Waals surface area (Å²) < 4.78 is 43.8. The third-order valence-electron chi connectivity index (χ3n) is 5.59. The minimum Gasteiger partial charge on any atom is -0.298 e. The van der Waals surface area contributed by atoms with Crippen molar-refractivity contribution in [2.75, 3.05) is 7.05 Å². The molecule has 2 heterocycles. The van der Waals surface area contributed by atoms with Gasteiger partial charge in [-0.15, -0.1) is 0 Å². The highest BCUT2D eigenvalue weighted by Crippen LogP contribution is 2.28. The Kier molecular flexibility index (Phi) is 6.48. The molecule has 0 aliphatic carbocycles. The molecule has 33 heavy (non-hydrogen) atoms. The van der Waals surface area contributed by atoms with Crippen LogP contribution in [0.25, 0.3) is 0 Å². The molecule has 1 aliphatic rings. The first-order valence-corrected chi connectivity index (χ1v) is 11.9. The molecule has 2 aromatic carbocycles. The standard InChI is InChI=1S/C21H21ClFN5O4S/c1-27-18(19(29)10-14-7-8-16(23)15(22)9-14)11-17(26-33(27,31)32)20-24-25-21(30)28(20)12-13-5-3-2-4-6-13/h2-9,17-18,26H,10-12H2,1H3,(H,25,30). The lowest BCUT2D eigenvalue weighted by Gasteiger charge is -2.35. The summed E-state index contributed by atoms with van der Waals surface area (Å²) in [5, 5.41) is 6.28. The molecule has 0 saturated carbocycles. The first-order valence-electron chi connectivity index (χ1n) is 10.1. The molecule has 12 heteroatoms. The van der Waals surface area contributed by atoms with Gasteiger partial charge in [0.25, 0.3) is 10.2 Å². The van der Waals surface area contributed by atoms with Crippen LogP contribution in [0, 0.1) is 5.82 Å². The molecule has 2 atom stereocenters. The molecule has 174 valence electrons. The highest BCUT2D eigenvalue weighted by atomic mass is 35.5. The lowest BCUT2D eigenvalue weighted by Crippen LogP contribution is -2.55. The molecule has 0 radical (unpaired) electrons. The van der Waals surface area contributed by atoms with E-state index in [0.717, 1.165) is 15.9 Å². The van der Waals surface area contributed by atoms with Gasteiger partial charge in [0.15, 0.2) is 11.6 Å². The molecule has 0 bridgehead atoms. The van der Waals surface area contributed by atoms with Gasteiger partial charge in [0, 0.05) is 13.5 Å². The Morgan fingerprint density at radius 2 is 1.94 bits per heavy atom. The van der Waals surface area contributed by atoms with E-state index in [0.29, 0.717) is 5.56 Å². The molecule has 1 saturated heterocycles. The SMILES string of the molecule is CN1C(C(=O)Cc2ccc(F)c(Cl)c2)CC(c2n[nH]c(=O)n2Cc2ccccc2)NS1(=O)=O. The van der Waals surface area contributed by atoms with Gasteiger partial charge in [-0.05, 0) is 29.7 Å². The Bertz CT molecular complexity index is 1340. The van der Waals surface area contributed by atoms with Crippen LogP contribution in [0.3, 0.4) is 0 Å². The second kappa shape index (κ2) is 9.18. The van der Waals surface area contributed by atoms with Gasteiger partial charge in [-0.25, -0.2) is 14.3 Å². The summed E-state index contributed by atoms with van der Waals surface area (Å²) in [6.07, 6.45) is -0.0722. The monoisotopic (exact) mass is 493 g/mol. The molecule has 0 amide bonds. The highest BCUT2D eigenvalue weighted by Gasteiger charge is 2.42. The van der Waals surface area contributed by atoms with Crippen LogP contribution >= 0.6 is 11.6 Å². The van der Waals surface area contributed by atoms with Gasteiger partial charge in [0.1, 0.15) is 5.82 Å². The van der Waals surface area contributed by atoms with Crippen LogP contribution in [0.15, 0.2) is 53.3 Å². The molecule has 2 unspecified atom stereocenters. The first-order chi connectivity index (χ1) is 15.7. The van der Waals surface area contributed by atoms with Crippen LogP contribution in [0.1, 0.15) is 29.4 Å². The summed E-state index contributed by atoms with van der Waals surface area (Å²) >= 11 is 5.80. The quantitative estimate of drug-likeness (QED) is 0.543. The van der Waals surface area contributed by atoms with E-state index < -0.39 is 33.8 Å². The van der Waals surface area contributed by atoms with Crippen molar-refractivity contribution in [2.24, 2.45) is 0 Å². The molecule has 1 fully saturated rings. The number of nitrogens with zero attached hydrogens (tertiary/aromatic N) is 3. The molecule has 2 N–H and O–H groups in total. The van der Waals surface area contributed by atoms with Crippen LogP contribution in [0.4, 0.5) is 4.39 Å². The maximum atomic E-state index is 13.4. The van der Waals surface area contributed by atoms with Gasteiger partial charge in [-0.2, -0.15) is 22.5 Å². The lowest BCUT2D eigenvalue weighted by atomic mass is 9.98. The number of Topliss-reactive ketones (excluding diaryl/α,β-unsaturated/α-hetero) is 1. The third-order valence-corrected chi connectivity index (χ3v) is 7.47. The summed E-state index contributed by atoms with van der Waals surface area (Å²) in [6.45, 7) is 0.187. The Morgan fingerprint density at radius 1 is 1.21 bits per heavy atom. The van der Waals surface area contributed by atoms with E-state index >= 15 is 0 Å². The van der Waals surface area contributed by atoms with Gasteiger partial charge in [-0.1, -0.05) is 48.0 Å². The van der Waals surface area contributed by atoms with Crippen molar-refractivity contribution in [1.29, 1.82) is 0 Å². The Hall–Kier alpha value is -2.86. The normalized spacial score (nSPS) is 20.6. The van der Waals surface area contributed by atoms with Crippen molar-refractivity contribution < 1.29 is 17.6 Å². The number of carbonyl (C=O) groups is 1. The second-order valence-corrected chi connectivity index (χ2v) is 9.96. The number of rotatable bonds is 6. The number of halogens is 2. The number of ketones is 1. The molecule has 3 aromatic rings. The topological polar surface area (TPSA) is 117 Å². The van der Waals surface area contributed by atoms with Gasteiger partial charge >= 0.3 is 5.69 Å². The molecule has 1 aliphatic heterocycles. The van der Waals surface area contributed by atoms with Gasteiger partial charge in [0.2, 0.25) is 0 Å². The Balaban J connectivity index is 1.61. The number of aromatic nitrogens is 3. The zero-order chi connectivity index (χ0) is 23.8. The predicted octanol–water partition coefficient (Wildman–Crippen LogP) is 1.80. The number of likely N-dealkylation sites (N-methyl/N-ethyl adjacent to an activating group) is 1. The number of nitrogens with one attached hydrogen (secondary N) is 2. The fraction of sp³-hybridized carbons (Fsp3) is 0.286. The summed E-state index contributed by atoms with van der Waals surface area (Å²) in [5.74, 6) is -0.810. The average Bonchev–Trinajstić information content (AvgIpc) is 3.13. The van der Waals surface area contributed by atoms with E-state index in [1.165, 1.54) is 23.7 Å². The van der Waals surface area contributed by atoms with Crippen LogP contribution in [0.5, 0.6) is 0 Å². The predicted molar refractivity (Wildman–Crippen MR) is 119 cm³/mol. The molecular formula is C21H21ClFN5O4S. The third kappa shape index (κ3) is 4.91. The lowest BCUT2D eigenvalue weighted by molar-refractivity contribution is -0.122. The van der Waals surface area contributed by atoms with Crippen molar-refractivity contribution >= 4 is 27.6 Å². The minimum absolute atomic E-state index is 0.0581. The number of hydrogen-bond donors (Lipinski definition) is 2. The maximum absolute atomic E-state index is 13.4. The summed E-state index contributed by atoms with van der Waals surface area (Å²) in [6, 6.07) is 11.2. The molecule has 1 aromatic heterocycles. The zero-order valence-electron chi connectivity index (χ0n) is 17.5. The summed E-state index contributed by atoms with van der Waals surface area (Å²) in [7, 11) is -2.73. The fourth-order valence-corrected chi connectivity index (χ4v) is 5.30. The van der Waals surface area contributed by atoms with Crippen molar-refractivity contribution in [1.82, 2.24) is 23.8 Å². The van der Waals surface area contributed by atoms with E-state index in [4.69, 9.17) is 11.6 Å². The van der Waals surface area contributed by atoms with E-state index in [2.05, 4.69) is 14.9 Å². The van der Waals surface area contributed by atoms with E-state index in [1.54, 1.807) is 0 Å². The van der Waals surface area contributed by atoms with Gasteiger partial charge in [0.05, 0.1) is 23.7 Å². The summed E-state index contributed by atoms with van der Waals surface area (Å²) in [4.78, 5) is 25.4. The van der Waals surface area contributed by atoms with Crippen LogP contribution < -0.4 is 10.4 Å². The maximum Gasteiger partial charge on any atom is 0.343 e. The van der Waals surface area contributed by atoms with Crippen molar-refractivity contribution in [2.45, 2.75) is 31.5 Å².